The largest absolute Gasteiger partial charge is 0.252 e. The van der Waals surface area contributed by atoms with Crippen LogP contribution in [0.5, 0.6) is 0 Å². The number of hydrogen-bond acceptors (Lipinski definition) is 1. The Labute approximate surface area is 85.3 Å². The lowest BCUT2D eigenvalue weighted by atomic mass is 10.1. The van der Waals surface area contributed by atoms with Gasteiger partial charge in [-0.25, -0.2) is 0 Å². The standard InChI is InChI=1S/C12H12NP/c1-2-5-10-9(4-1)8-12-11(13-10)6-3-7-14-12/h1-2,4-5,8,14H,3,6-7H2. The molecular formula is C12H12NP. The van der Waals surface area contributed by atoms with Gasteiger partial charge in [-0.2, -0.15) is 0 Å². The van der Waals surface area contributed by atoms with Crippen molar-refractivity contribution in [3.8, 4) is 0 Å². The molecule has 70 valence electrons. The number of hydrogen-bond donors (Lipinski definition) is 0. The van der Waals surface area contributed by atoms with Crippen LogP contribution in [-0.4, -0.2) is 11.1 Å². The summed E-state index contributed by atoms with van der Waals surface area (Å²) in [6.07, 6.45) is 3.84. The lowest BCUT2D eigenvalue weighted by Crippen LogP contribution is -2.13. The fourth-order valence-corrected chi connectivity index (χ4v) is 3.24. The van der Waals surface area contributed by atoms with Crippen molar-refractivity contribution in [3.05, 3.63) is 36.0 Å². The number of aryl methyl sites for hydroxylation is 1. The van der Waals surface area contributed by atoms with Crippen molar-refractivity contribution in [2.75, 3.05) is 6.16 Å². The van der Waals surface area contributed by atoms with Gasteiger partial charge < -0.3 is 0 Å². The van der Waals surface area contributed by atoms with Gasteiger partial charge in [0.15, 0.2) is 0 Å². The van der Waals surface area contributed by atoms with Crippen LogP contribution in [0, 0.1) is 0 Å². The van der Waals surface area contributed by atoms with Gasteiger partial charge in [-0.1, -0.05) is 26.8 Å². The van der Waals surface area contributed by atoms with Gasteiger partial charge in [-0.05, 0) is 36.4 Å². The molecule has 2 heterocycles. The maximum Gasteiger partial charge on any atom is 0.0705 e. The third-order valence-corrected chi connectivity index (χ3v) is 4.13. The van der Waals surface area contributed by atoms with Crippen LogP contribution >= 0.6 is 8.58 Å². The van der Waals surface area contributed by atoms with Crippen LogP contribution in [0.4, 0.5) is 0 Å². The van der Waals surface area contributed by atoms with Crippen LogP contribution < -0.4 is 5.30 Å². The molecule has 2 aromatic rings. The van der Waals surface area contributed by atoms with E-state index in [9.17, 15) is 0 Å². The second-order valence-electron chi connectivity index (χ2n) is 3.71. The lowest BCUT2D eigenvalue weighted by molar-refractivity contribution is 0.894. The molecular weight excluding hydrogens is 189 g/mol. The van der Waals surface area contributed by atoms with Gasteiger partial charge in [0.2, 0.25) is 0 Å². The van der Waals surface area contributed by atoms with Gasteiger partial charge in [-0.3, -0.25) is 4.98 Å². The second kappa shape index (κ2) is 3.33. The highest BCUT2D eigenvalue weighted by Gasteiger charge is 2.10. The summed E-state index contributed by atoms with van der Waals surface area (Å²) in [5.41, 5.74) is 2.49. The van der Waals surface area contributed by atoms with E-state index in [1.54, 1.807) is 0 Å². The Balaban J connectivity index is 2.27. The molecule has 1 unspecified atom stereocenters. The molecule has 3 rings (SSSR count). The van der Waals surface area contributed by atoms with E-state index in [-0.39, 0.29) is 0 Å². The quantitative estimate of drug-likeness (QED) is 0.597. The molecule has 1 aliphatic rings. The van der Waals surface area contributed by atoms with Crippen molar-refractivity contribution in [1.29, 1.82) is 0 Å². The molecule has 1 aromatic heterocycles. The highest BCUT2D eigenvalue weighted by Crippen LogP contribution is 2.24. The van der Waals surface area contributed by atoms with Gasteiger partial charge in [0.25, 0.3) is 0 Å². The molecule has 1 aliphatic heterocycles. The molecule has 1 atom stereocenters. The monoisotopic (exact) mass is 201 g/mol. The molecule has 0 aliphatic carbocycles. The summed E-state index contributed by atoms with van der Waals surface area (Å²) in [5.74, 6) is 0. The minimum atomic E-state index is 0.974. The van der Waals surface area contributed by atoms with Crippen LogP contribution in [-0.2, 0) is 6.42 Å². The molecule has 14 heavy (non-hydrogen) atoms. The Bertz CT molecular complexity index is 434. The van der Waals surface area contributed by atoms with Crippen molar-refractivity contribution in [3.63, 3.8) is 0 Å². The summed E-state index contributed by atoms with van der Waals surface area (Å²) in [4.78, 5) is 4.72. The first-order valence-corrected chi connectivity index (χ1v) is 6.27. The topological polar surface area (TPSA) is 12.9 Å². The third kappa shape index (κ3) is 1.33. The Morgan fingerprint density at radius 2 is 2.14 bits per heavy atom. The molecule has 0 amide bonds. The van der Waals surface area contributed by atoms with Crippen LogP contribution in [0.1, 0.15) is 12.1 Å². The number of aromatic nitrogens is 1. The zero-order valence-corrected chi connectivity index (χ0v) is 8.96. The van der Waals surface area contributed by atoms with Crippen LogP contribution in [0.2, 0.25) is 0 Å². The molecule has 0 fully saturated rings. The normalized spacial score (nSPS) is 17.1. The van der Waals surface area contributed by atoms with Gasteiger partial charge in [0, 0.05) is 11.1 Å². The van der Waals surface area contributed by atoms with Gasteiger partial charge in [0.1, 0.15) is 0 Å². The van der Waals surface area contributed by atoms with Crippen molar-refractivity contribution in [1.82, 2.24) is 4.98 Å². The minimum absolute atomic E-state index is 0.974. The molecule has 0 saturated carbocycles. The minimum Gasteiger partial charge on any atom is -0.252 e. The number of fused-ring (bicyclic) bond motifs is 2. The summed E-state index contributed by atoms with van der Waals surface area (Å²) in [5, 5.41) is 2.79. The number of para-hydroxylation sites is 1. The predicted molar refractivity (Wildman–Crippen MR) is 62.9 cm³/mol. The van der Waals surface area contributed by atoms with E-state index in [1.165, 1.54) is 35.4 Å². The van der Waals surface area contributed by atoms with Gasteiger partial charge >= 0.3 is 0 Å². The molecule has 0 spiro atoms. The SMILES string of the molecule is c1ccc2nc3c(cc2c1)PCCC3. The molecule has 2 heteroatoms. The molecule has 0 N–H and O–H groups in total. The number of benzene rings is 1. The van der Waals surface area contributed by atoms with E-state index < -0.39 is 0 Å². The fourth-order valence-electron chi connectivity index (χ4n) is 1.98. The zero-order valence-electron chi connectivity index (χ0n) is 7.96. The number of nitrogens with zero attached hydrogens (tertiary/aromatic N) is 1. The summed E-state index contributed by atoms with van der Waals surface area (Å²) in [6.45, 7) is 0. The van der Waals surface area contributed by atoms with E-state index in [0.29, 0.717) is 0 Å². The summed E-state index contributed by atoms with van der Waals surface area (Å²) in [6, 6.07) is 10.7. The van der Waals surface area contributed by atoms with Gasteiger partial charge in [0.05, 0.1) is 5.52 Å². The predicted octanol–water partition coefficient (Wildman–Crippen LogP) is 2.48. The van der Waals surface area contributed by atoms with E-state index >= 15 is 0 Å². The van der Waals surface area contributed by atoms with Crippen molar-refractivity contribution in [2.45, 2.75) is 12.8 Å². The zero-order chi connectivity index (χ0) is 9.38. The maximum atomic E-state index is 4.72. The van der Waals surface area contributed by atoms with Crippen molar-refractivity contribution in [2.24, 2.45) is 0 Å². The lowest BCUT2D eigenvalue weighted by Gasteiger charge is -2.15. The van der Waals surface area contributed by atoms with Gasteiger partial charge in [-0.15, -0.1) is 0 Å². The Kier molecular flexibility index (Phi) is 1.99. The molecule has 0 radical (unpaired) electrons. The van der Waals surface area contributed by atoms with Crippen molar-refractivity contribution < 1.29 is 0 Å². The average Bonchev–Trinajstić information content (AvgIpc) is 2.26. The Morgan fingerprint density at radius 1 is 1.21 bits per heavy atom. The second-order valence-corrected chi connectivity index (χ2v) is 5.10. The number of rotatable bonds is 0. The van der Waals surface area contributed by atoms with Crippen LogP contribution in [0.25, 0.3) is 10.9 Å². The number of pyridine rings is 1. The molecule has 0 saturated heterocycles. The highest BCUT2D eigenvalue weighted by atomic mass is 31.1. The molecule has 1 aromatic carbocycles. The molecule has 1 nitrogen and oxygen atoms in total. The summed E-state index contributed by atoms with van der Waals surface area (Å²) >= 11 is 0. The van der Waals surface area contributed by atoms with E-state index in [1.807, 2.05) is 0 Å². The van der Waals surface area contributed by atoms with Crippen LogP contribution in [0.15, 0.2) is 30.3 Å². The van der Waals surface area contributed by atoms with Crippen LogP contribution in [0.3, 0.4) is 0 Å². The van der Waals surface area contributed by atoms with E-state index in [4.69, 9.17) is 4.98 Å². The van der Waals surface area contributed by atoms with E-state index in [0.717, 1.165) is 14.1 Å². The highest BCUT2D eigenvalue weighted by molar-refractivity contribution is 7.47. The summed E-state index contributed by atoms with van der Waals surface area (Å²) < 4.78 is 0. The Morgan fingerprint density at radius 3 is 3.14 bits per heavy atom. The first kappa shape index (κ1) is 8.38. The average molecular weight is 201 g/mol. The summed E-state index contributed by atoms with van der Waals surface area (Å²) in [7, 11) is 0.974. The third-order valence-electron chi connectivity index (χ3n) is 2.71. The maximum absolute atomic E-state index is 4.72. The smallest absolute Gasteiger partial charge is 0.0705 e. The first-order valence-electron chi connectivity index (χ1n) is 5.06. The fraction of sp³-hybridized carbons (Fsp3) is 0.250. The van der Waals surface area contributed by atoms with E-state index in [2.05, 4.69) is 30.3 Å². The Hall–Kier alpha value is -0.940. The molecule has 0 bridgehead atoms. The first-order chi connectivity index (χ1) is 6.93. The van der Waals surface area contributed by atoms with Crippen molar-refractivity contribution >= 4 is 24.8 Å².